The van der Waals surface area contributed by atoms with Crippen LogP contribution >= 0.6 is 0 Å². The summed E-state index contributed by atoms with van der Waals surface area (Å²) >= 11 is 0. The van der Waals surface area contributed by atoms with E-state index in [1.54, 1.807) is 7.05 Å². The molecule has 0 aliphatic rings. The first kappa shape index (κ1) is 11.5. The predicted octanol–water partition coefficient (Wildman–Crippen LogP) is 2.75. The summed E-state index contributed by atoms with van der Waals surface area (Å²) in [6.45, 7) is 0. The number of hydrogen-bond donors (Lipinski definition) is 1. The molecule has 0 unspecified atom stereocenters. The summed E-state index contributed by atoms with van der Waals surface area (Å²) in [5, 5.41) is 3.85. The average molecular weight is 241 g/mol. The van der Waals surface area contributed by atoms with Crippen LogP contribution in [0.1, 0.15) is 12.0 Å². The molecule has 0 spiro atoms. The average Bonchev–Trinajstić information content (AvgIpc) is 2.59. The fraction of sp³-hybridized carbons (Fsp3) is 0.182. The highest BCUT2D eigenvalue weighted by Gasteiger charge is 2.21. The van der Waals surface area contributed by atoms with Crippen LogP contribution in [0, 0.1) is 5.82 Å². The second-order valence-corrected chi connectivity index (χ2v) is 3.57. The van der Waals surface area contributed by atoms with Gasteiger partial charge in [0.2, 0.25) is 0 Å². The Morgan fingerprint density at radius 2 is 2.00 bits per heavy atom. The van der Waals surface area contributed by atoms with Gasteiger partial charge < -0.3 is 5.73 Å². The monoisotopic (exact) mass is 241 g/mol. The summed E-state index contributed by atoms with van der Waals surface area (Å²) in [7, 11) is 1.58. The van der Waals surface area contributed by atoms with Gasteiger partial charge in [-0.3, -0.25) is 4.68 Å². The third kappa shape index (κ3) is 1.86. The Kier molecular flexibility index (Phi) is 2.79. The Morgan fingerprint density at radius 1 is 1.29 bits per heavy atom. The van der Waals surface area contributed by atoms with Crippen LogP contribution in [0.25, 0.3) is 11.1 Å². The molecule has 1 aromatic carbocycles. The SMILES string of the molecule is Cn1ncc(-c2cccc(F)c2C(F)F)c1N. The normalized spacial score (nSPS) is 11.1. The van der Waals surface area contributed by atoms with Gasteiger partial charge in [-0.2, -0.15) is 5.10 Å². The number of nitrogens with two attached hydrogens (primary N) is 1. The lowest BCUT2D eigenvalue weighted by atomic mass is 10.0. The molecule has 0 fully saturated rings. The van der Waals surface area contributed by atoms with Crippen molar-refractivity contribution < 1.29 is 13.2 Å². The molecular weight excluding hydrogens is 231 g/mol. The van der Waals surface area contributed by atoms with Crippen molar-refractivity contribution in [2.45, 2.75) is 6.43 Å². The molecule has 1 aromatic heterocycles. The van der Waals surface area contributed by atoms with Crippen LogP contribution in [0.4, 0.5) is 19.0 Å². The molecule has 90 valence electrons. The fourth-order valence-corrected chi connectivity index (χ4v) is 1.65. The fourth-order valence-electron chi connectivity index (χ4n) is 1.65. The lowest BCUT2D eigenvalue weighted by Crippen LogP contribution is -2.00. The third-order valence-electron chi connectivity index (χ3n) is 2.55. The van der Waals surface area contributed by atoms with E-state index in [4.69, 9.17) is 5.73 Å². The Labute approximate surface area is 95.7 Å². The van der Waals surface area contributed by atoms with Crippen molar-refractivity contribution in [3.63, 3.8) is 0 Å². The first-order chi connectivity index (χ1) is 8.02. The maximum atomic E-state index is 13.4. The smallest absolute Gasteiger partial charge is 0.267 e. The zero-order chi connectivity index (χ0) is 12.6. The molecule has 0 saturated heterocycles. The number of rotatable bonds is 2. The Balaban J connectivity index is 2.67. The molecule has 0 amide bonds. The highest BCUT2D eigenvalue weighted by Crippen LogP contribution is 2.35. The molecule has 0 aliphatic heterocycles. The predicted molar refractivity (Wildman–Crippen MR) is 58.0 cm³/mol. The second-order valence-electron chi connectivity index (χ2n) is 3.57. The number of aryl methyl sites for hydroxylation is 1. The van der Waals surface area contributed by atoms with Gasteiger partial charge in [0.05, 0.1) is 11.8 Å². The summed E-state index contributed by atoms with van der Waals surface area (Å²) in [6, 6.07) is 3.76. The van der Waals surface area contributed by atoms with Crippen LogP contribution in [0.5, 0.6) is 0 Å². The molecule has 0 saturated carbocycles. The lowest BCUT2D eigenvalue weighted by Gasteiger charge is -2.09. The minimum atomic E-state index is -2.90. The molecular formula is C11H10F3N3. The minimum Gasteiger partial charge on any atom is -0.383 e. The standard InChI is InChI=1S/C11H10F3N3/c1-17-11(15)7(5-16-17)6-3-2-4-8(12)9(6)10(13)14/h2-5,10H,15H2,1H3. The van der Waals surface area contributed by atoms with E-state index >= 15 is 0 Å². The maximum absolute atomic E-state index is 13.4. The van der Waals surface area contributed by atoms with Gasteiger partial charge in [-0.15, -0.1) is 0 Å². The minimum absolute atomic E-state index is 0.0746. The summed E-state index contributed by atoms with van der Waals surface area (Å²) in [5.41, 5.74) is 5.42. The van der Waals surface area contributed by atoms with Crippen LogP contribution in [-0.4, -0.2) is 9.78 Å². The maximum Gasteiger partial charge on any atom is 0.267 e. The number of alkyl halides is 2. The van der Waals surface area contributed by atoms with E-state index in [0.717, 1.165) is 6.07 Å². The van der Waals surface area contributed by atoms with Crippen LogP contribution in [0.3, 0.4) is 0 Å². The van der Waals surface area contributed by atoms with Gasteiger partial charge in [0.15, 0.2) is 0 Å². The van der Waals surface area contributed by atoms with Gasteiger partial charge in [-0.25, -0.2) is 13.2 Å². The Morgan fingerprint density at radius 3 is 2.53 bits per heavy atom. The van der Waals surface area contributed by atoms with Crippen molar-refractivity contribution in [2.24, 2.45) is 7.05 Å². The van der Waals surface area contributed by atoms with Gasteiger partial charge in [-0.1, -0.05) is 12.1 Å². The molecule has 2 aromatic rings. The van der Waals surface area contributed by atoms with E-state index in [1.807, 2.05) is 0 Å². The molecule has 1 heterocycles. The molecule has 3 nitrogen and oxygen atoms in total. The van der Waals surface area contributed by atoms with Gasteiger partial charge in [0, 0.05) is 12.6 Å². The van der Waals surface area contributed by atoms with E-state index in [2.05, 4.69) is 5.10 Å². The molecule has 6 heteroatoms. The highest BCUT2D eigenvalue weighted by molar-refractivity contribution is 5.76. The van der Waals surface area contributed by atoms with Crippen molar-refractivity contribution in [2.75, 3.05) is 5.73 Å². The summed E-state index contributed by atoms with van der Waals surface area (Å²) in [6.07, 6.45) is -1.55. The number of halogens is 3. The molecule has 0 aliphatic carbocycles. The zero-order valence-corrected chi connectivity index (χ0v) is 8.99. The highest BCUT2D eigenvalue weighted by atomic mass is 19.3. The number of nitrogen functional groups attached to an aromatic ring is 1. The van der Waals surface area contributed by atoms with Crippen molar-refractivity contribution in [1.29, 1.82) is 0 Å². The molecule has 17 heavy (non-hydrogen) atoms. The first-order valence-electron chi connectivity index (χ1n) is 4.86. The molecule has 0 radical (unpaired) electrons. The number of benzene rings is 1. The molecule has 2 rings (SSSR count). The van der Waals surface area contributed by atoms with E-state index < -0.39 is 17.8 Å². The summed E-state index contributed by atoms with van der Waals surface area (Å²) in [5.74, 6) is -0.724. The Bertz CT molecular complexity index is 549. The van der Waals surface area contributed by atoms with E-state index in [0.29, 0.717) is 5.56 Å². The van der Waals surface area contributed by atoms with Crippen LogP contribution in [0.2, 0.25) is 0 Å². The first-order valence-corrected chi connectivity index (χ1v) is 4.86. The molecule has 0 atom stereocenters. The largest absolute Gasteiger partial charge is 0.383 e. The second kappa shape index (κ2) is 4.12. The lowest BCUT2D eigenvalue weighted by molar-refractivity contribution is 0.147. The summed E-state index contributed by atoms with van der Waals surface area (Å²) in [4.78, 5) is 0. The van der Waals surface area contributed by atoms with Gasteiger partial charge >= 0.3 is 0 Å². The molecule has 2 N–H and O–H groups in total. The van der Waals surface area contributed by atoms with Crippen LogP contribution in [-0.2, 0) is 7.05 Å². The quantitative estimate of drug-likeness (QED) is 0.878. The number of aromatic nitrogens is 2. The van der Waals surface area contributed by atoms with Crippen molar-refractivity contribution in [1.82, 2.24) is 9.78 Å². The number of anilines is 1. The van der Waals surface area contributed by atoms with E-state index in [9.17, 15) is 13.2 Å². The van der Waals surface area contributed by atoms with Crippen molar-refractivity contribution >= 4 is 5.82 Å². The summed E-state index contributed by atoms with van der Waals surface area (Å²) < 4.78 is 40.3. The third-order valence-corrected chi connectivity index (χ3v) is 2.55. The van der Waals surface area contributed by atoms with E-state index in [1.165, 1.54) is 23.0 Å². The topological polar surface area (TPSA) is 43.8 Å². The van der Waals surface area contributed by atoms with Gasteiger partial charge in [0.25, 0.3) is 6.43 Å². The Hall–Kier alpha value is -1.98. The van der Waals surface area contributed by atoms with Gasteiger partial charge in [0.1, 0.15) is 11.6 Å². The van der Waals surface area contributed by atoms with Crippen molar-refractivity contribution in [3.8, 4) is 11.1 Å². The van der Waals surface area contributed by atoms with Gasteiger partial charge in [-0.05, 0) is 11.6 Å². The van der Waals surface area contributed by atoms with Crippen LogP contribution in [0.15, 0.2) is 24.4 Å². The number of nitrogens with zero attached hydrogens (tertiary/aromatic N) is 2. The zero-order valence-electron chi connectivity index (χ0n) is 8.99. The number of hydrogen-bond acceptors (Lipinski definition) is 2. The van der Waals surface area contributed by atoms with Crippen LogP contribution < -0.4 is 5.73 Å². The molecule has 0 bridgehead atoms. The van der Waals surface area contributed by atoms with Crippen molar-refractivity contribution in [3.05, 3.63) is 35.8 Å². The van der Waals surface area contributed by atoms with E-state index in [-0.39, 0.29) is 11.4 Å².